The van der Waals surface area contributed by atoms with Crippen LogP contribution in [0.2, 0.25) is 0 Å². The van der Waals surface area contributed by atoms with Crippen molar-refractivity contribution < 1.29 is 0 Å². The van der Waals surface area contributed by atoms with Gasteiger partial charge in [-0.15, -0.1) is 0 Å². The Bertz CT molecular complexity index is 666. The first-order valence-corrected chi connectivity index (χ1v) is 7.52. The number of aliphatic imine (C=N–C) groups is 1. The molecule has 2 aromatic rings. The molecule has 0 aromatic heterocycles. The predicted molar refractivity (Wildman–Crippen MR) is 90.6 cm³/mol. The van der Waals surface area contributed by atoms with Crippen LogP contribution in [-0.4, -0.2) is 18.9 Å². The minimum absolute atomic E-state index is 0.878. The van der Waals surface area contributed by atoms with Gasteiger partial charge in [-0.2, -0.15) is 0 Å². The Kier molecular flexibility index (Phi) is 4.15. The van der Waals surface area contributed by atoms with E-state index in [1.807, 2.05) is 0 Å². The van der Waals surface area contributed by atoms with Crippen molar-refractivity contribution in [1.29, 1.82) is 0 Å². The van der Waals surface area contributed by atoms with Gasteiger partial charge >= 0.3 is 0 Å². The maximum atomic E-state index is 4.45. The van der Waals surface area contributed by atoms with Gasteiger partial charge in [0.25, 0.3) is 0 Å². The maximum absolute atomic E-state index is 4.45. The Balaban J connectivity index is 1.85. The number of hydrogen-bond donors (Lipinski definition) is 1. The molecule has 0 bridgehead atoms. The zero-order valence-corrected chi connectivity index (χ0v) is 12.3. The van der Waals surface area contributed by atoms with Gasteiger partial charge in [0.2, 0.25) is 0 Å². The molecule has 0 amide bonds. The van der Waals surface area contributed by atoms with E-state index in [2.05, 4.69) is 77.9 Å². The molecular formula is C19H20N2. The minimum atomic E-state index is 0.878. The molecule has 1 heterocycles. The highest BCUT2D eigenvalue weighted by atomic mass is 15.1. The highest BCUT2D eigenvalue weighted by Gasteiger charge is 2.07. The molecular weight excluding hydrogens is 256 g/mol. The Morgan fingerprint density at radius 2 is 1.86 bits per heavy atom. The van der Waals surface area contributed by atoms with Gasteiger partial charge in [-0.05, 0) is 29.2 Å². The van der Waals surface area contributed by atoms with Gasteiger partial charge in [0.1, 0.15) is 5.84 Å². The topological polar surface area (TPSA) is 24.4 Å². The third-order valence-corrected chi connectivity index (χ3v) is 3.60. The van der Waals surface area contributed by atoms with Crippen LogP contribution < -0.4 is 5.32 Å². The SMILES string of the molecule is CCC=Cc1cccc(-c2ccc(C3=NCCN3)cc2)c1. The third kappa shape index (κ3) is 3.22. The van der Waals surface area contributed by atoms with Crippen molar-refractivity contribution >= 4 is 11.9 Å². The lowest BCUT2D eigenvalue weighted by molar-refractivity contribution is 0.960. The number of benzene rings is 2. The van der Waals surface area contributed by atoms with Crippen molar-refractivity contribution in [3.63, 3.8) is 0 Å². The summed E-state index contributed by atoms with van der Waals surface area (Å²) < 4.78 is 0. The summed E-state index contributed by atoms with van der Waals surface area (Å²) in [4.78, 5) is 4.45. The molecule has 0 unspecified atom stereocenters. The van der Waals surface area contributed by atoms with Crippen molar-refractivity contribution in [2.75, 3.05) is 13.1 Å². The van der Waals surface area contributed by atoms with Gasteiger partial charge in [0, 0.05) is 12.1 Å². The van der Waals surface area contributed by atoms with Crippen LogP contribution in [0.5, 0.6) is 0 Å². The van der Waals surface area contributed by atoms with Gasteiger partial charge in [0.05, 0.1) is 6.54 Å². The molecule has 0 radical (unpaired) electrons. The van der Waals surface area contributed by atoms with Crippen molar-refractivity contribution in [3.8, 4) is 11.1 Å². The number of nitrogens with zero attached hydrogens (tertiary/aromatic N) is 1. The minimum Gasteiger partial charge on any atom is -0.368 e. The molecule has 106 valence electrons. The Morgan fingerprint density at radius 3 is 2.57 bits per heavy atom. The standard InChI is InChI=1S/C19H20N2/c1-2-3-5-15-6-4-7-18(14-15)16-8-10-17(11-9-16)19-20-12-13-21-19/h3-11,14H,2,12-13H2,1H3,(H,20,21). The zero-order valence-electron chi connectivity index (χ0n) is 12.3. The van der Waals surface area contributed by atoms with Crippen LogP contribution in [0.3, 0.4) is 0 Å². The molecule has 0 aliphatic carbocycles. The quantitative estimate of drug-likeness (QED) is 0.892. The van der Waals surface area contributed by atoms with Crippen LogP contribution in [0.4, 0.5) is 0 Å². The highest BCUT2D eigenvalue weighted by molar-refractivity contribution is 6.00. The Morgan fingerprint density at radius 1 is 1.05 bits per heavy atom. The summed E-state index contributed by atoms with van der Waals surface area (Å²) in [5.41, 5.74) is 4.91. The van der Waals surface area contributed by atoms with E-state index in [4.69, 9.17) is 0 Å². The van der Waals surface area contributed by atoms with E-state index in [9.17, 15) is 0 Å². The van der Waals surface area contributed by atoms with E-state index in [-0.39, 0.29) is 0 Å². The molecule has 2 nitrogen and oxygen atoms in total. The number of rotatable bonds is 4. The van der Waals surface area contributed by atoms with Crippen LogP contribution in [0.1, 0.15) is 24.5 Å². The maximum Gasteiger partial charge on any atom is 0.128 e. The molecule has 3 rings (SSSR count). The molecule has 2 heteroatoms. The average molecular weight is 276 g/mol. The van der Waals surface area contributed by atoms with Crippen molar-refractivity contribution in [3.05, 3.63) is 65.7 Å². The fraction of sp³-hybridized carbons (Fsp3) is 0.211. The molecule has 1 aliphatic rings. The summed E-state index contributed by atoms with van der Waals surface area (Å²) >= 11 is 0. The van der Waals surface area contributed by atoms with E-state index in [0.717, 1.165) is 25.3 Å². The van der Waals surface area contributed by atoms with Crippen molar-refractivity contribution in [1.82, 2.24) is 5.32 Å². The molecule has 0 fully saturated rings. The van der Waals surface area contributed by atoms with Crippen LogP contribution in [0.15, 0.2) is 59.6 Å². The van der Waals surface area contributed by atoms with Crippen LogP contribution >= 0.6 is 0 Å². The fourth-order valence-electron chi connectivity index (χ4n) is 2.49. The smallest absolute Gasteiger partial charge is 0.128 e. The van der Waals surface area contributed by atoms with E-state index < -0.39 is 0 Å². The number of allylic oxidation sites excluding steroid dienone is 1. The lowest BCUT2D eigenvalue weighted by atomic mass is 10.0. The van der Waals surface area contributed by atoms with Gasteiger partial charge in [0.15, 0.2) is 0 Å². The second-order valence-electron chi connectivity index (χ2n) is 5.17. The van der Waals surface area contributed by atoms with E-state index in [0.29, 0.717) is 0 Å². The second kappa shape index (κ2) is 6.40. The Labute approximate surface area is 126 Å². The summed E-state index contributed by atoms with van der Waals surface area (Å²) in [6, 6.07) is 17.3. The summed E-state index contributed by atoms with van der Waals surface area (Å²) in [6.45, 7) is 3.98. The van der Waals surface area contributed by atoms with Crippen molar-refractivity contribution in [2.24, 2.45) is 4.99 Å². The number of hydrogen-bond acceptors (Lipinski definition) is 2. The normalized spacial score (nSPS) is 14.2. The van der Waals surface area contributed by atoms with Crippen molar-refractivity contribution in [2.45, 2.75) is 13.3 Å². The second-order valence-corrected chi connectivity index (χ2v) is 5.17. The summed E-state index contributed by atoms with van der Waals surface area (Å²) in [5, 5.41) is 3.31. The zero-order chi connectivity index (χ0) is 14.5. The monoisotopic (exact) mass is 276 g/mol. The molecule has 0 saturated heterocycles. The van der Waals surface area contributed by atoms with E-state index in [1.54, 1.807) is 0 Å². The molecule has 0 atom stereocenters. The van der Waals surface area contributed by atoms with Gasteiger partial charge < -0.3 is 5.32 Å². The molecule has 0 spiro atoms. The largest absolute Gasteiger partial charge is 0.368 e. The summed E-state index contributed by atoms with van der Waals surface area (Å²) in [6.07, 6.45) is 5.43. The number of nitrogens with one attached hydrogen (secondary N) is 1. The summed E-state index contributed by atoms with van der Waals surface area (Å²) in [7, 11) is 0. The lowest BCUT2D eigenvalue weighted by Crippen LogP contribution is -2.19. The Hall–Kier alpha value is -2.35. The van der Waals surface area contributed by atoms with E-state index >= 15 is 0 Å². The summed E-state index contributed by atoms with van der Waals surface area (Å²) in [5.74, 6) is 1.01. The van der Waals surface area contributed by atoms with E-state index in [1.165, 1.54) is 22.3 Å². The van der Waals surface area contributed by atoms with Crippen LogP contribution in [0, 0.1) is 0 Å². The van der Waals surface area contributed by atoms with Crippen LogP contribution in [-0.2, 0) is 0 Å². The molecule has 21 heavy (non-hydrogen) atoms. The average Bonchev–Trinajstić information content (AvgIpc) is 3.08. The molecule has 2 aromatic carbocycles. The molecule has 1 N–H and O–H groups in total. The highest BCUT2D eigenvalue weighted by Crippen LogP contribution is 2.22. The molecule has 1 aliphatic heterocycles. The van der Waals surface area contributed by atoms with Gasteiger partial charge in [-0.1, -0.05) is 61.5 Å². The predicted octanol–water partition coefficient (Wildman–Crippen LogP) is 4.13. The third-order valence-electron chi connectivity index (χ3n) is 3.60. The first-order chi connectivity index (χ1) is 10.4. The van der Waals surface area contributed by atoms with Gasteiger partial charge in [-0.3, -0.25) is 4.99 Å². The first kappa shape index (κ1) is 13.6. The molecule has 0 saturated carbocycles. The first-order valence-electron chi connectivity index (χ1n) is 7.52. The number of amidine groups is 1. The lowest BCUT2D eigenvalue weighted by Gasteiger charge is -2.06. The fourth-order valence-corrected chi connectivity index (χ4v) is 2.49. The van der Waals surface area contributed by atoms with Crippen LogP contribution in [0.25, 0.3) is 17.2 Å². The van der Waals surface area contributed by atoms with Gasteiger partial charge in [-0.25, -0.2) is 0 Å².